The minimum Gasteiger partial charge on any atom is -0.475 e. The molecule has 0 aliphatic heterocycles. The highest BCUT2D eigenvalue weighted by Crippen LogP contribution is 2.17. The molecule has 0 radical (unpaired) electrons. The van der Waals surface area contributed by atoms with Crippen LogP contribution in [0.15, 0.2) is 42.5 Å². The van der Waals surface area contributed by atoms with E-state index >= 15 is 0 Å². The molecule has 0 aliphatic rings. The van der Waals surface area contributed by atoms with Crippen LogP contribution in [0, 0.1) is 0 Å². The zero-order chi connectivity index (χ0) is 25.3. The normalized spacial score (nSPS) is 13.6. The van der Waals surface area contributed by atoms with Crippen LogP contribution < -0.4 is 22.1 Å². The van der Waals surface area contributed by atoms with Crippen molar-refractivity contribution < 1.29 is 37.5 Å². The lowest BCUT2D eigenvalue weighted by molar-refractivity contribution is -0.192. The molecule has 2 aromatic rings. The third-order valence-corrected chi connectivity index (χ3v) is 4.33. The van der Waals surface area contributed by atoms with Gasteiger partial charge in [0.2, 0.25) is 17.7 Å². The van der Waals surface area contributed by atoms with Gasteiger partial charge in [-0.3, -0.25) is 14.4 Å². The van der Waals surface area contributed by atoms with Gasteiger partial charge < -0.3 is 27.2 Å². The first-order valence-corrected chi connectivity index (χ1v) is 9.65. The van der Waals surface area contributed by atoms with Crippen molar-refractivity contribution in [2.75, 3.05) is 0 Å². The Balaban J connectivity index is 0.000000675. The summed E-state index contributed by atoms with van der Waals surface area (Å²) in [6, 6.07) is 11.2. The Hall–Kier alpha value is -3.67. The van der Waals surface area contributed by atoms with Gasteiger partial charge >= 0.3 is 12.1 Å². The van der Waals surface area contributed by atoms with Crippen LogP contribution in [0.3, 0.4) is 0 Å². The van der Waals surface area contributed by atoms with Gasteiger partial charge in [-0.2, -0.15) is 13.2 Å². The van der Waals surface area contributed by atoms with E-state index < -0.39 is 48.0 Å². The molecule has 0 unspecified atom stereocenters. The van der Waals surface area contributed by atoms with E-state index in [1.807, 2.05) is 42.5 Å². The molecule has 180 valence electrons. The third kappa shape index (κ3) is 9.15. The van der Waals surface area contributed by atoms with E-state index in [2.05, 4.69) is 10.6 Å². The number of amides is 3. The third-order valence-electron chi connectivity index (χ3n) is 4.33. The van der Waals surface area contributed by atoms with Crippen molar-refractivity contribution in [2.45, 2.75) is 44.6 Å². The van der Waals surface area contributed by atoms with Crippen LogP contribution in [0.25, 0.3) is 10.8 Å². The number of fused-ring (bicyclic) bond motifs is 1. The Morgan fingerprint density at radius 1 is 0.970 bits per heavy atom. The summed E-state index contributed by atoms with van der Waals surface area (Å²) < 4.78 is 31.7. The second-order valence-electron chi connectivity index (χ2n) is 7.17. The quantitative estimate of drug-likeness (QED) is 0.402. The minimum absolute atomic E-state index is 0.264. The summed E-state index contributed by atoms with van der Waals surface area (Å²) in [5.74, 6) is -4.34. The van der Waals surface area contributed by atoms with Gasteiger partial charge in [-0.05, 0) is 30.2 Å². The number of halogens is 3. The summed E-state index contributed by atoms with van der Waals surface area (Å²) in [5.41, 5.74) is 11.6. The molecule has 0 saturated carbocycles. The first-order valence-electron chi connectivity index (χ1n) is 9.65. The number of alkyl halides is 3. The standard InChI is InChI=1S/C19H24N4O3.C2HF3O2/c1-11(20)18(25)23-16(19(26)22-12(2)17(21)24)10-13-7-8-14-5-3-4-6-15(14)9-13;3-2(4,5)1(6)7/h3-9,11-12,16H,10,20H2,1-2H3,(H2,21,24)(H,22,26)(H,23,25);(H,6,7)/t11-,12+,16-;/m1./s1. The highest BCUT2D eigenvalue weighted by molar-refractivity contribution is 5.92. The van der Waals surface area contributed by atoms with Crippen molar-refractivity contribution in [2.24, 2.45) is 11.5 Å². The highest BCUT2D eigenvalue weighted by atomic mass is 19.4. The molecule has 0 fully saturated rings. The van der Waals surface area contributed by atoms with Crippen molar-refractivity contribution in [3.05, 3.63) is 48.0 Å². The minimum atomic E-state index is -5.08. The van der Waals surface area contributed by atoms with E-state index in [4.69, 9.17) is 21.4 Å². The molecule has 12 heteroatoms. The molecule has 33 heavy (non-hydrogen) atoms. The lowest BCUT2D eigenvalue weighted by Gasteiger charge is -2.21. The van der Waals surface area contributed by atoms with Crippen molar-refractivity contribution >= 4 is 34.5 Å². The smallest absolute Gasteiger partial charge is 0.475 e. The van der Waals surface area contributed by atoms with Crippen molar-refractivity contribution in [3.63, 3.8) is 0 Å². The Labute approximate surface area is 187 Å². The average Bonchev–Trinajstić information content (AvgIpc) is 2.72. The predicted octanol–water partition coefficient (Wildman–Crippen LogP) is 0.838. The summed E-state index contributed by atoms with van der Waals surface area (Å²) in [6.45, 7) is 3.02. The van der Waals surface area contributed by atoms with Gasteiger partial charge in [0.25, 0.3) is 0 Å². The molecule has 0 heterocycles. The highest BCUT2D eigenvalue weighted by Gasteiger charge is 2.38. The number of aliphatic carboxylic acids is 1. The van der Waals surface area contributed by atoms with Gasteiger partial charge in [0, 0.05) is 6.42 Å². The lowest BCUT2D eigenvalue weighted by Crippen LogP contribution is -2.55. The number of carboxylic acids is 1. The second-order valence-corrected chi connectivity index (χ2v) is 7.17. The van der Waals surface area contributed by atoms with Crippen molar-refractivity contribution in [1.82, 2.24) is 10.6 Å². The maximum Gasteiger partial charge on any atom is 0.490 e. The number of nitrogens with two attached hydrogens (primary N) is 2. The molecular formula is C21H25F3N4O5. The molecule has 0 spiro atoms. The Morgan fingerprint density at radius 2 is 1.52 bits per heavy atom. The summed E-state index contributed by atoms with van der Waals surface area (Å²) >= 11 is 0. The zero-order valence-corrected chi connectivity index (χ0v) is 17.8. The predicted molar refractivity (Wildman–Crippen MR) is 114 cm³/mol. The number of benzene rings is 2. The van der Waals surface area contributed by atoms with Gasteiger partial charge in [0.1, 0.15) is 12.1 Å². The molecule has 2 rings (SSSR count). The molecule has 9 nitrogen and oxygen atoms in total. The number of carbonyl (C=O) groups excluding carboxylic acids is 3. The van der Waals surface area contributed by atoms with Crippen LogP contribution in [0.5, 0.6) is 0 Å². The summed E-state index contributed by atoms with van der Waals surface area (Å²) in [4.78, 5) is 44.6. The SMILES string of the molecule is C[C@H](NC(=O)[C@@H](Cc1ccc2ccccc2c1)NC(=O)[C@@H](C)N)C(N)=O.O=C(O)C(F)(F)F. The number of primary amides is 1. The van der Waals surface area contributed by atoms with Crippen molar-refractivity contribution in [3.8, 4) is 0 Å². The summed E-state index contributed by atoms with van der Waals surface area (Å²) in [7, 11) is 0. The molecule has 0 aliphatic carbocycles. The van der Waals surface area contributed by atoms with Gasteiger partial charge in [0.05, 0.1) is 6.04 Å². The van der Waals surface area contributed by atoms with Gasteiger partial charge in [-0.25, -0.2) is 4.79 Å². The first kappa shape index (κ1) is 27.4. The monoisotopic (exact) mass is 470 g/mol. The maximum atomic E-state index is 12.5. The summed E-state index contributed by atoms with van der Waals surface area (Å²) in [5, 5.41) is 14.4. The molecule has 0 saturated heterocycles. The van der Waals surface area contributed by atoms with Crippen LogP contribution in [-0.4, -0.2) is 53.1 Å². The van der Waals surface area contributed by atoms with E-state index in [1.54, 1.807) is 0 Å². The van der Waals surface area contributed by atoms with Crippen LogP contribution in [0.4, 0.5) is 13.2 Å². The Bertz CT molecular complexity index is 1010. The number of hydrogen-bond acceptors (Lipinski definition) is 5. The lowest BCUT2D eigenvalue weighted by atomic mass is 10.0. The van der Waals surface area contributed by atoms with Crippen molar-refractivity contribution in [1.29, 1.82) is 0 Å². The fourth-order valence-corrected chi connectivity index (χ4v) is 2.50. The van der Waals surface area contributed by atoms with Crippen LogP contribution >= 0.6 is 0 Å². The van der Waals surface area contributed by atoms with Gasteiger partial charge in [-0.1, -0.05) is 42.5 Å². The largest absolute Gasteiger partial charge is 0.490 e. The molecule has 0 bridgehead atoms. The van der Waals surface area contributed by atoms with Crippen LogP contribution in [-0.2, 0) is 25.6 Å². The first-order chi connectivity index (χ1) is 15.2. The fraction of sp³-hybridized carbons (Fsp3) is 0.333. The van der Waals surface area contributed by atoms with E-state index in [1.165, 1.54) is 13.8 Å². The average molecular weight is 470 g/mol. The molecule has 0 aromatic heterocycles. The number of nitrogens with one attached hydrogen (secondary N) is 2. The number of hydrogen-bond donors (Lipinski definition) is 5. The number of rotatable bonds is 7. The van der Waals surface area contributed by atoms with E-state index in [9.17, 15) is 27.6 Å². The van der Waals surface area contributed by atoms with E-state index in [0.717, 1.165) is 16.3 Å². The molecule has 3 atom stereocenters. The van der Waals surface area contributed by atoms with Crippen LogP contribution in [0.1, 0.15) is 19.4 Å². The molecule has 7 N–H and O–H groups in total. The maximum absolute atomic E-state index is 12.5. The van der Waals surface area contributed by atoms with Crippen LogP contribution in [0.2, 0.25) is 0 Å². The van der Waals surface area contributed by atoms with E-state index in [0.29, 0.717) is 0 Å². The Kier molecular flexibility index (Phi) is 9.79. The van der Waals surface area contributed by atoms with E-state index in [-0.39, 0.29) is 6.42 Å². The summed E-state index contributed by atoms with van der Waals surface area (Å²) in [6.07, 6.45) is -4.82. The number of carbonyl (C=O) groups is 4. The van der Waals surface area contributed by atoms with Gasteiger partial charge in [-0.15, -0.1) is 0 Å². The Morgan fingerprint density at radius 3 is 2.00 bits per heavy atom. The molecule has 3 amide bonds. The molecule has 2 aromatic carbocycles. The topological polar surface area (TPSA) is 165 Å². The fourth-order valence-electron chi connectivity index (χ4n) is 2.50. The second kappa shape index (κ2) is 11.8. The van der Waals surface area contributed by atoms with Gasteiger partial charge in [0.15, 0.2) is 0 Å². The zero-order valence-electron chi connectivity index (χ0n) is 17.8. The number of carboxylic acid groups (broad SMARTS) is 1. The molecular weight excluding hydrogens is 445 g/mol.